The Bertz CT molecular complexity index is 1320. The first-order valence-electron chi connectivity index (χ1n) is 10.8. The van der Waals surface area contributed by atoms with Crippen LogP contribution in [-0.4, -0.2) is 46.3 Å². The highest BCUT2D eigenvalue weighted by Crippen LogP contribution is 2.41. The van der Waals surface area contributed by atoms with Crippen LogP contribution in [0.5, 0.6) is 5.75 Å². The van der Waals surface area contributed by atoms with Crippen molar-refractivity contribution in [1.82, 2.24) is 19.9 Å². The molecule has 11 heteroatoms. The smallest absolute Gasteiger partial charge is 0.258 e. The highest BCUT2D eigenvalue weighted by molar-refractivity contribution is 7.89. The van der Waals surface area contributed by atoms with Gasteiger partial charge in [0, 0.05) is 11.1 Å². The number of amides is 1. The minimum atomic E-state index is -3.98. The molecule has 1 aliphatic heterocycles. The highest BCUT2D eigenvalue weighted by atomic mass is 32.2. The molecule has 0 bridgehead atoms. The Morgan fingerprint density at radius 2 is 1.91 bits per heavy atom. The molecule has 1 amide bonds. The summed E-state index contributed by atoms with van der Waals surface area (Å²) in [6.07, 6.45) is -0.440. The zero-order chi connectivity index (χ0) is 24.7. The fourth-order valence-corrected chi connectivity index (χ4v) is 5.00. The van der Waals surface area contributed by atoms with Crippen LogP contribution in [0.25, 0.3) is 0 Å². The minimum Gasteiger partial charge on any atom is -0.485 e. The number of carbonyl (C=O) groups excluding carboxylic acids is 1. The first kappa shape index (κ1) is 23.9. The molecule has 3 aromatic rings. The van der Waals surface area contributed by atoms with Crippen molar-refractivity contribution in [3.8, 4) is 5.75 Å². The Morgan fingerprint density at radius 3 is 2.53 bits per heavy atom. The molecule has 0 unspecified atom stereocenters. The number of ether oxygens (including phenoxy) is 1. The third-order valence-corrected chi connectivity index (χ3v) is 7.21. The number of aliphatic hydroxyl groups is 1. The second-order valence-electron chi connectivity index (χ2n) is 8.70. The van der Waals surface area contributed by atoms with E-state index in [0.29, 0.717) is 17.1 Å². The molecule has 4 N–H and O–H groups in total. The Hall–Kier alpha value is -3.28. The molecule has 2 aromatic carbocycles. The fraction of sp³-hybridized carbons (Fsp3) is 0.348. The van der Waals surface area contributed by atoms with Crippen LogP contribution in [0.15, 0.2) is 47.4 Å². The summed E-state index contributed by atoms with van der Waals surface area (Å²) in [7, 11) is -3.98. The minimum absolute atomic E-state index is 0.0802. The van der Waals surface area contributed by atoms with Gasteiger partial charge in [0.15, 0.2) is 0 Å². The molecule has 2 heterocycles. The third-order valence-electron chi connectivity index (χ3n) is 5.75. The molecule has 2 atom stereocenters. The Morgan fingerprint density at radius 1 is 1.21 bits per heavy atom. The molecular formula is C23H27N5O5S. The number of hydrogen-bond acceptors (Lipinski definition) is 7. The van der Waals surface area contributed by atoms with Gasteiger partial charge in [0.1, 0.15) is 23.3 Å². The predicted octanol–water partition coefficient (Wildman–Crippen LogP) is 2.48. The molecule has 10 nitrogen and oxygen atoms in total. The average molecular weight is 486 g/mol. The Balaban J connectivity index is 1.68. The molecular weight excluding hydrogens is 458 g/mol. The van der Waals surface area contributed by atoms with Crippen molar-refractivity contribution < 1.29 is 23.1 Å². The molecule has 1 aromatic heterocycles. The molecule has 0 saturated carbocycles. The Labute approximate surface area is 197 Å². The lowest BCUT2D eigenvalue weighted by atomic mass is 9.86. The highest BCUT2D eigenvalue weighted by Gasteiger charge is 2.44. The van der Waals surface area contributed by atoms with Crippen molar-refractivity contribution in [3.63, 3.8) is 0 Å². The van der Waals surface area contributed by atoms with E-state index in [0.717, 1.165) is 12.0 Å². The van der Waals surface area contributed by atoms with Crippen LogP contribution in [0.1, 0.15) is 54.1 Å². The number of aryl methyl sites for hydroxylation is 2. The van der Waals surface area contributed by atoms with E-state index in [9.17, 15) is 18.3 Å². The molecule has 4 rings (SSSR count). The van der Waals surface area contributed by atoms with Gasteiger partial charge in [0.05, 0.1) is 10.9 Å². The lowest BCUT2D eigenvalue weighted by molar-refractivity contribution is -0.0603. The lowest BCUT2D eigenvalue weighted by Crippen LogP contribution is -2.53. The van der Waals surface area contributed by atoms with E-state index in [1.54, 1.807) is 45.0 Å². The van der Waals surface area contributed by atoms with Gasteiger partial charge in [0.2, 0.25) is 16.0 Å². The average Bonchev–Trinajstić information content (AvgIpc) is 3.20. The maximum Gasteiger partial charge on any atom is 0.258 e. The van der Waals surface area contributed by atoms with Gasteiger partial charge in [-0.25, -0.2) is 13.1 Å². The van der Waals surface area contributed by atoms with E-state index in [2.05, 4.69) is 25.2 Å². The molecule has 0 spiro atoms. The first-order chi connectivity index (χ1) is 16.0. The number of rotatable bonds is 6. The standard InChI is InChI=1S/C23H27N5O5S/c1-5-14-6-9-16(10-7-14)34(31,32)28-19-17-12-15(21(30)25-22-24-13(2)26-27-22)8-11-18(17)33-23(3,4)20(19)29/h6-12,19-20,28-29H,5H2,1-4H3,(H2,24,25,26,27,30)/t19-,20+/m1/s1. The summed E-state index contributed by atoms with van der Waals surface area (Å²) in [5.74, 6) is 0.541. The Kier molecular flexibility index (Phi) is 6.19. The predicted molar refractivity (Wildman–Crippen MR) is 125 cm³/mol. The number of benzene rings is 2. The number of aromatic nitrogens is 3. The zero-order valence-corrected chi connectivity index (χ0v) is 20.1. The molecule has 0 aliphatic carbocycles. The van der Waals surface area contributed by atoms with Gasteiger partial charge >= 0.3 is 0 Å². The fourth-order valence-electron chi connectivity index (χ4n) is 3.78. The normalized spacial score (nSPS) is 19.2. The summed E-state index contributed by atoms with van der Waals surface area (Å²) in [5.41, 5.74) is 0.508. The number of carbonyl (C=O) groups is 1. The zero-order valence-electron chi connectivity index (χ0n) is 19.3. The number of H-pyrrole nitrogens is 1. The SMILES string of the molecule is CCc1ccc(S(=O)(=O)N[C@@H]2c3cc(C(=O)Nc4n[nH]c(C)n4)ccc3OC(C)(C)[C@H]2O)cc1. The van der Waals surface area contributed by atoms with Crippen LogP contribution >= 0.6 is 0 Å². The number of fused-ring (bicyclic) bond motifs is 1. The molecule has 0 fully saturated rings. The molecule has 0 saturated heterocycles. The van der Waals surface area contributed by atoms with Crippen molar-refractivity contribution in [2.75, 3.05) is 5.32 Å². The molecule has 0 radical (unpaired) electrons. The van der Waals surface area contributed by atoms with Gasteiger partial charge < -0.3 is 9.84 Å². The maximum atomic E-state index is 13.2. The number of aliphatic hydroxyl groups excluding tert-OH is 1. The molecule has 1 aliphatic rings. The van der Waals surface area contributed by atoms with E-state index >= 15 is 0 Å². The van der Waals surface area contributed by atoms with Crippen LogP contribution in [0.2, 0.25) is 0 Å². The van der Waals surface area contributed by atoms with Gasteiger partial charge in [-0.15, -0.1) is 5.10 Å². The van der Waals surface area contributed by atoms with Crippen molar-refractivity contribution in [2.24, 2.45) is 0 Å². The van der Waals surface area contributed by atoms with E-state index in [-0.39, 0.29) is 16.4 Å². The summed E-state index contributed by atoms with van der Waals surface area (Å²) >= 11 is 0. The monoisotopic (exact) mass is 485 g/mol. The summed E-state index contributed by atoms with van der Waals surface area (Å²) < 4.78 is 34.9. The van der Waals surface area contributed by atoms with Crippen molar-refractivity contribution in [1.29, 1.82) is 0 Å². The quantitative estimate of drug-likeness (QED) is 0.419. The van der Waals surface area contributed by atoms with E-state index < -0.39 is 33.7 Å². The van der Waals surface area contributed by atoms with Crippen LogP contribution in [0, 0.1) is 6.92 Å². The van der Waals surface area contributed by atoms with Crippen LogP contribution in [0.3, 0.4) is 0 Å². The summed E-state index contributed by atoms with van der Waals surface area (Å²) in [6, 6.07) is 10.1. The topological polar surface area (TPSA) is 146 Å². The van der Waals surface area contributed by atoms with Gasteiger partial charge in [-0.1, -0.05) is 19.1 Å². The van der Waals surface area contributed by atoms with Crippen molar-refractivity contribution >= 4 is 21.9 Å². The van der Waals surface area contributed by atoms with Gasteiger partial charge in [-0.3, -0.25) is 15.2 Å². The van der Waals surface area contributed by atoms with Crippen LogP contribution < -0.4 is 14.8 Å². The molecule has 180 valence electrons. The first-order valence-corrected chi connectivity index (χ1v) is 12.3. The maximum absolute atomic E-state index is 13.2. The van der Waals surface area contributed by atoms with Gasteiger partial charge in [0.25, 0.3) is 5.91 Å². The number of aromatic amines is 1. The second kappa shape index (κ2) is 8.82. The van der Waals surface area contributed by atoms with Gasteiger partial charge in [-0.05, 0) is 63.1 Å². The summed E-state index contributed by atoms with van der Waals surface area (Å²) in [5, 5.41) is 20.1. The number of anilines is 1. The van der Waals surface area contributed by atoms with Crippen LogP contribution in [0.4, 0.5) is 5.95 Å². The van der Waals surface area contributed by atoms with Crippen molar-refractivity contribution in [2.45, 2.75) is 56.8 Å². The van der Waals surface area contributed by atoms with E-state index in [1.807, 2.05) is 6.92 Å². The van der Waals surface area contributed by atoms with Gasteiger partial charge in [-0.2, -0.15) is 4.98 Å². The second-order valence-corrected chi connectivity index (χ2v) is 10.4. The summed E-state index contributed by atoms with van der Waals surface area (Å²) in [6.45, 7) is 7.03. The number of hydrogen-bond donors (Lipinski definition) is 4. The van der Waals surface area contributed by atoms with E-state index in [1.165, 1.54) is 18.2 Å². The number of nitrogens with zero attached hydrogens (tertiary/aromatic N) is 2. The van der Waals surface area contributed by atoms with E-state index in [4.69, 9.17) is 4.74 Å². The molecule has 34 heavy (non-hydrogen) atoms. The van der Waals surface area contributed by atoms with Crippen LogP contribution in [-0.2, 0) is 16.4 Å². The van der Waals surface area contributed by atoms with Crippen molar-refractivity contribution in [3.05, 3.63) is 65.0 Å². The third kappa shape index (κ3) is 4.67. The number of nitrogens with one attached hydrogen (secondary N) is 3. The lowest BCUT2D eigenvalue weighted by Gasteiger charge is -2.42. The summed E-state index contributed by atoms with van der Waals surface area (Å²) in [4.78, 5) is 16.9. The number of sulfonamides is 1. The largest absolute Gasteiger partial charge is 0.485 e.